The molecule has 0 saturated carbocycles. The molecule has 6 rings (SSSR count). The summed E-state index contributed by atoms with van der Waals surface area (Å²) >= 11 is 1.67. The zero-order valence-electron chi connectivity index (χ0n) is 30.1. The molecule has 1 unspecified atom stereocenters. The van der Waals surface area contributed by atoms with Gasteiger partial charge in [0.25, 0.3) is 0 Å². The summed E-state index contributed by atoms with van der Waals surface area (Å²) in [6.07, 6.45) is 26.5. The summed E-state index contributed by atoms with van der Waals surface area (Å²) in [5, 5.41) is 5.53. The summed E-state index contributed by atoms with van der Waals surface area (Å²) in [6.45, 7) is 22.7. The Balaban J connectivity index is 0.000000272. The number of rotatable bonds is 7. The van der Waals surface area contributed by atoms with E-state index in [9.17, 15) is 0 Å². The second-order valence-electron chi connectivity index (χ2n) is 15.3. The van der Waals surface area contributed by atoms with Gasteiger partial charge >= 0.3 is 79.8 Å². The minimum absolute atomic E-state index is 0. The van der Waals surface area contributed by atoms with Crippen LogP contribution in [0.15, 0.2) is 60.2 Å². The molecule has 46 heavy (non-hydrogen) atoms. The molecule has 3 aromatic carbocycles. The molecule has 0 N–H and O–H groups in total. The molecule has 3 aliphatic carbocycles. The van der Waals surface area contributed by atoms with E-state index in [4.69, 9.17) is 0 Å². The van der Waals surface area contributed by atoms with E-state index in [1.807, 2.05) is 0 Å². The molecule has 0 heterocycles. The van der Waals surface area contributed by atoms with Crippen LogP contribution in [0.1, 0.15) is 136 Å². The molecule has 0 bridgehead atoms. The summed E-state index contributed by atoms with van der Waals surface area (Å²) in [5.74, 6) is 0.573. The third-order valence-electron chi connectivity index (χ3n) is 9.60. The zero-order chi connectivity index (χ0) is 32.3. The van der Waals surface area contributed by atoms with Crippen molar-refractivity contribution in [3.05, 3.63) is 88.5 Å². The van der Waals surface area contributed by atoms with Crippen molar-refractivity contribution in [2.75, 3.05) is 0 Å². The Morgan fingerprint density at radius 2 is 1.24 bits per heavy atom. The topological polar surface area (TPSA) is 0 Å². The summed E-state index contributed by atoms with van der Waals surface area (Å²) in [6, 6.07) is 11.9. The molecule has 1 atom stereocenters. The molecule has 3 heteroatoms. The van der Waals surface area contributed by atoms with E-state index in [-0.39, 0.29) is 35.6 Å². The van der Waals surface area contributed by atoms with Gasteiger partial charge in [-0.05, 0) is 11.1 Å². The van der Waals surface area contributed by atoms with E-state index < -0.39 is 0 Å². The molecule has 3 aromatic rings. The van der Waals surface area contributed by atoms with Crippen LogP contribution in [0.25, 0.3) is 33.7 Å². The van der Waals surface area contributed by atoms with E-state index in [0.29, 0.717) is 11.3 Å². The summed E-state index contributed by atoms with van der Waals surface area (Å²) in [5.41, 5.74) is 7.71. The first-order valence-corrected chi connectivity index (χ1v) is 18.4. The van der Waals surface area contributed by atoms with Crippen molar-refractivity contribution < 1.29 is 49.0 Å². The first-order chi connectivity index (χ1) is 20.7. The Morgan fingerprint density at radius 1 is 0.783 bits per heavy atom. The van der Waals surface area contributed by atoms with Gasteiger partial charge < -0.3 is 24.8 Å². The monoisotopic (exact) mass is 732 g/mol. The molecule has 0 spiro atoms. The van der Waals surface area contributed by atoms with E-state index in [1.54, 1.807) is 27.4 Å². The predicted molar refractivity (Wildman–Crippen MR) is 194 cm³/mol. The normalized spacial score (nSPS) is 17.7. The number of halogens is 2. The van der Waals surface area contributed by atoms with Crippen LogP contribution in [-0.2, 0) is 35.1 Å². The van der Waals surface area contributed by atoms with Crippen LogP contribution in [0.5, 0.6) is 0 Å². The zero-order valence-corrected chi connectivity index (χ0v) is 34.1. The van der Waals surface area contributed by atoms with Crippen molar-refractivity contribution in [1.29, 1.82) is 0 Å². The number of hydrogen-bond acceptors (Lipinski definition) is 0. The molecule has 0 aliphatic heterocycles. The van der Waals surface area contributed by atoms with Crippen molar-refractivity contribution in [1.82, 2.24) is 0 Å². The van der Waals surface area contributed by atoms with Gasteiger partial charge in [-0.2, -0.15) is 11.6 Å². The van der Waals surface area contributed by atoms with Crippen LogP contribution in [0, 0.1) is 17.4 Å². The van der Waals surface area contributed by atoms with Crippen molar-refractivity contribution >= 4 is 36.9 Å². The Bertz CT molecular complexity index is 1520. The van der Waals surface area contributed by atoms with Gasteiger partial charge in [0.2, 0.25) is 0 Å². The largest absolute Gasteiger partial charge is 1.00 e. The molecule has 3 aliphatic rings. The summed E-state index contributed by atoms with van der Waals surface area (Å²) < 4.78 is 1.79. The van der Waals surface area contributed by atoms with Gasteiger partial charge in [-0.3, -0.25) is 6.08 Å². The van der Waals surface area contributed by atoms with Crippen molar-refractivity contribution in [3.63, 3.8) is 0 Å². The minimum atomic E-state index is 0. The van der Waals surface area contributed by atoms with E-state index in [1.165, 1.54) is 94.3 Å². The Hall–Kier alpha value is -1.40. The van der Waals surface area contributed by atoms with Gasteiger partial charge in [-0.15, -0.1) is 39.7 Å². The minimum Gasteiger partial charge on any atom is -1.00 e. The van der Waals surface area contributed by atoms with Crippen LogP contribution >= 0.6 is 0 Å². The van der Waals surface area contributed by atoms with Crippen LogP contribution in [0.3, 0.4) is 0 Å². The number of allylic oxidation sites excluding steroid dienone is 6. The Labute approximate surface area is 308 Å². The molecule has 0 radical (unpaired) electrons. The summed E-state index contributed by atoms with van der Waals surface area (Å²) in [4.78, 5) is 0. The number of fused-ring (bicyclic) bond motifs is 5. The van der Waals surface area contributed by atoms with Crippen molar-refractivity contribution in [2.45, 2.75) is 125 Å². The second kappa shape index (κ2) is 16.8. The second-order valence-corrected chi connectivity index (χ2v) is 17.1. The standard InChI is InChI=1S/C23H21.C11H17.C9H18.2ClH.Zr/c1-22(2)7-5-14-10-18-16(12-20(14)22)9-17-13-21-15(11-19(17)18)6-8-23(21,3)4;1-5-9-6-7-10(8-9)11(2,3)4;1-3-5-7-9-8-6-4-2;;;/h5-13H,1-4H3;7-9H,5H2,1-4H3;3-8H2,1-2H3;2*1H;/q2*-1;;;;+2/p-2. The van der Waals surface area contributed by atoms with Crippen LogP contribution in [0.4, 0.5) is 0 Å². The van der Waals surface area contributed by atoms with Gasteiger partial charge in [0, 0.05) is 10.8 Å². The molecular formula is C43H56Cl2Zr-2. The van der Waals surface area contributed by atoms with E-state index in [2.05, 4.69) is 142 Å². The maximum atomic E-state index is 3.35. The maximum absolute atomic E-state index is 3.35. The van der Waals surface area contributed by atoms with Crippen LogP contribution < -0.4 is 24.8 Å². The predicted octanol–water partition coefficient (Wildman–Crippen LogP) is 6.77. The first kappa shape index (κ1) is 40.8. The average molecular weight is 735 g/mol. The Morgan fingerprint density at radius 3 is 1.59 bits per heavy atom. The van der Waals surface area contributed by atoms with E-state index in [0.717, 1.165) is 0 Å². The fourth-order valence-electron chi connectivity index (χ4n) is 6.42. The third-order valence-corrected chi connectivity index (χ3v) is 10.8. The van der Waals surface area contributed by atoms with Gasteiger partial charge in [0.1, 0.15) is 0 Å². The van der Waals surface area contributed by atoms with Crippen molar-refractivity contribution in [3.8, 4) is 0 Å². The third kappa shape index (κ3) is 9.61. The first-order valence-electron chi connectivity index (χ1n) is 17.2. The van der Waals surface area contributed by atoms with Gasteiger partial charge in [0.15, 0.2) is 0 Å². The molecule has 0 nitrogen and oxygen atoms in total. The summed E-state index contributed by atoms with van der Waals surface area (Å²) in [7, 11) is 0. The molecule has 0 aromatic heterocycles. The molecule has 248 valence electrons. The van der Waals surface area contributed by atoms with Crippen LogP contribution in [-0.4, -0.2) is 3.21 Å². The quantitative estimate of drug-likeness (QED) is 0.235. The van der Waals surface area contributed by atoms with E-state index >= 15 is 0 Å². The number of hydrogen-bond donors (Lipinski definition) is 0. The van der Waals surface area contributed by atoms with Crippen molar-refractivity contribution in [2.24, 2.45) is 11.3 Å². The van der Waals surface area contributed by atoms with Gasteiger partial charge in [0.05, 0.1) is 0 Å². The maximum Gasteiger partial charge on any atom is -1.00 e. The molecule has 0 saturated heterocycles. The molecule has 0 fully saturated rings. The fraction of sp³-hybridized carbons (Fsp3) is 0.488. The number of unbranched alkanes of at least 4 members (excludes halogenated alkanes) is 2. The van der Waals surface area contributed by atoms with Crippen LogP contribution in [0.2, 0.25) is 0 Å². The fourth-order valence-corrected chi connectivity index (χ4v) is 7.29. The average Bonchev–Trinajstić information content (AvgIpc) is 3.73. The number of benzene rings is 2. The molecule has 0 amide bonds. The smallest absolute Gasteiger partial charge is 1.00 e. The SMILES string of the molecule is CC1(C)C=Cc2cc3c(cc21)[cH-]c1cc2c(cc13)C=CC2(C)C.CCC1[C-]=CC(C(C)(C)C)=C1.CCCC[C](=[Zr+2])CCCC.[Cl-].[Cl-]. The molecular weight excluding hydrogens is 679 g/mol. The van der Waals surface area contributed by atoms with Gasteiger partial charge in [-0.1, -0.05) is 121 Å². The van der Waals surface area contributed by atoms with Gasteiger partial charge in [-0.25, -0.2) is 6.08 Å². The Kier molecular flexibility index (Phi) is 14.9.